The molecule has 0 amide bonds. The zero-order chi connectivity index (χ0) is 14.5. The van der Waals surface area contributed by atoms with Crippen molar-refractivity contribution in [1.29, 1.82) is 0 Å². The van der Waals surface area contributed by atoms with Crippen LogP contribution in [-0.2, 0) is 6.42 Å². The Labute approximate surface area is 122 Å². The molecule has 0 aliphatic carbocycles. The number of hydrogen-bond acceptors (Lipinski definition) is 4. The first-order chi connectivity index (χ1) is 9.60. The average Bonchev–Trinajstić information content (AvgIpc) is 2.84. The van der Waals surface area contributed by atoms with Crippen LogP contribution >= 0.6 is 11.3 Å². The summed E-state index contributed by atoms with van der Waals surface area (Å²) in [5.41, 5.74) is 2.02. The number of nitrogens with zero attached hydrogens (tertiary/aromatic N) is 1. The Morgan fingerprint density at radius 2 is 2.25 bits per heavy atom. The number of nitrogens with one attached hydrogen (secondary N) is 1. The molecule has 2 rings (SSSR count). The van der Waals surface area contributed by atoms with Crippen molar-refractivity contribution in [3.8, 4) is 5.75 Å². The van der Waals surface area contributed by atoms with Gasteiger partial charge in [-0.1, -0.05) is 6.07 Å². The summed E-state index contributed by atoms with van der Waals surface area (Å²) in [6.07, 6.45) is 0.882. The molecule has 0 fully saturated rings. The highest BCUT2D eigenvalue weighted by molar-refractivity contribution is 7.09. The standard InChI is InChI=1S/C15H19FN2OS/c1-10(12-4-5-15(19-3)14(16)8-12)17-7-6-13-9-20-11(2)18-13/h4-5,8-10,17H,6-7H2,1-3H3. The second kappa shape index (κ2) is 6.81. The Hall–Kier alpha value is -1.46. The van der Waals surface area contributed by atoms with Gasteiger partial charge < -0.3 is 10.1 Å². The molecule has 1 unspecified atom stereocenters. The van der Waals surface area contributed by atoms with Gasteiger partial charge in [-0.25, -0.2) is 9.37 Å². The molecule has 1 N–H and O–H groups in total. The van der Waals surface area contributed by atoms with Gasteiger partial charge in [0.15, 0.2) is 11.6 Å². The van der Waals surface area contributed by atoms with Crippen LogP contribution in [0.2, 0.25) is 0 Å². The largest absolute Gasteiger partial charge is 0.494 e. The predicted molar refractivity (Wildman–Crippen MR) is 79.9 cm³/mol. The van der Waals surface area contributed by atoms with Crippen LogP contribution in [0.3, 0.4) is 0 Å². The van der Waals surface area contributed by atoms with E-state index in [1.54, 1.807) is 17.4 Å². The second-order valence-corrected chi connectivity index (χ2v) is 5.74. The smallest absolute Gasteiger partial charge is 0.165 e. The normalized spacial score (nSPS) is 12.4. The number of methoxy groups -OCH3 is 1. The number of benzene rings is 1. The summed E-state index contributed by atoms with van der Waals surface area (Å²) in [5, 5.41) is 6.54. The van der Waals surface area contributed by atoms with Gasteiger partial charge in [-0.2, -0.15) is 0 Å². The quantitative estimate of drug-likeness (QED) is 0.885. The second-order valence-electron chi connectivity index (χ2n) is 4.68. The number of thiazole rings is 1. The molecule has 1 heterocycles. The number of halogens is 1. The lowest BCUT2D eigenvalue weighted by Crippen LogP contribution is -2.21. The van der Waals surface area contributed by atoms with Gasteiger partial charge in [0.1, 0.15) is 0 Å². The van der Waals surface area contributed by atoms with Crippen molar-refractivity contribution in [2.45, 2.75) is 26.3 Å². The molecule has 0 spiro atoms. The van der Waals surface area contributed by atoms with Crippen LogP contribution in [0.15, 0.2) is 23.6 Å². The lowest BCUT2D eigenvalue weighted by Gasteiger charge is -2.14. The molecule has 5 heteroatoms. The molecular formula is C15H19FN2OS. The zero-order valence-electron chi connectivity index (χ0n) is 11.9. The maximum absolute atomic E-state index is 13.6. The number of rotatable bonds is 6. The lowest BCUT2D eigenvalue weighted by molar-refractivity contribution is 0.385. The summed E-state index contributed by atoms with van der Waals surface area (Å²) in [6.45, 7) is 4.84. The lowest BCUT2D eigenvalue weighted by atomic mass is 10.1. The van der Waals surface area contributed by atoms with E-state index in [0.717, 1.165) is 29.2 Å². The van der Waals surface area contributed by atoms with Gasteiger partial charge in [-0.05, 0) is 31.5 Å². The minimum atomic E-state index is -0.325. The molecule has 1 atom stereocenters. The summed E-state index contributed by atoms with van der Waals surface area (Å²) >= 11 is 1.66. The molecule has 0 saturated carbocycles. The highest BCUT2D eigenvalue weighted by Crippen LogP contribution is 2.21. The topological polar surface area (TPSA) is 34.1 Å². The van der Waals surface area contributed by atoms with Crippen molar-refractivity contribution in [2.75, 3.05) is 13.7 Å². The number of ether oxygens (including phenoxy) is 1. The van der Waals surface area contributed by atoms with E-state index in [9.17, 15) is 4.39 Å². The third kappa shape index (κ3) is 3.77. The number of aryl methyl sites for hydroxylation is 1. The average molecular weight is 294 g/mol. The van der Waals surface area contributed by atoms with Crippen molar-refractivity contribution in [1.82, 2.24) is 10.3 Å². The zero-order valence-corrected chi connectivity index (χ0v) is 12.8. The van der Waals surface area contributed by atoms with E-state index in [0.29, 0.717) is 0 Å². The molecular weight excluding hydrogens is 275 g/mol. The molecule has 2 aromatic rings. The molecule has 1 aromatic carbocycles. The molecule has 0 bridgehead atoms. The van der Waals surface area contributed by atoms with E-state index in [2.05, 4.69) is 15.7 Å². The Balaban J connectivity index is 1.88. The fourth-order valence-electron chi connectivity index (χ4n) is 2.01. The van der Waals surface area contributed by atoms with Crippen LogP contribution < -0.4 is 10.1 Å². The van der Waals surface area contributed by atoms with Crippen molar-refractivity contribution in [3.63, 3.8) is 0 Å². The van der Waals surface area contributed by atoms with E-state index < -0.39 is 0 Å². The summed E-state index contributed by atoms with van der Waals surface area (Å²) in [5.74, 6) is -0.0484. The Morgan fingerprint density at radius 3 is 2.85 bits per heavy atom. The minimum absolute atomic E-state index is 0.0927. The van der Waals surface area contributed by atoms with Gasteiger partial charge in [-0.15, -0.1) is 11.3 Å². The fraction of sp³-hybridized carbons (Fsp3) is 0.400. The van der Waals surface area contributed by atoms with Gasteiger partial charge in [-0.3, -0.25) is 0 Å². The summed E-state index contributed by atoms with van der Waals surface area (Å²) in [6, 6.07) is 5.15. The van der Waals surface area contributed by atoms with Gasteiger partial charge in [0, 0.05) is 24.4 Å². The molecule has 0 aliphatic rings. The first-order valence-corrected chi connectivity index (χ1v) is 7.46. The fourth-order valence-corrected chi connectivity index (χ4v) is 2.66. The Morgan fingerprint density at radius 1 is 1.45 bits per heavy atom. The van der Waals surface area contributed by atoms with E-state index in [1.165, 1.54) is 13.2 Å². The molecule has 0 aliphatic heterocycles. The molecule has 108 valence electrons. The van der Waals surface area contributed by atoms with Crippen LogP contribution in [0.4, 0.5) is 4.39 Å². The maximum Gasteiger partial charge on any atom is 0.165 e. The first kappa shape index (κ1) is 14.9. The number of hydrogen-bond donors (Lipinski definition) is 1. The summed E-state index contributed by atoms with van der Waals surface area (Å²) < 4.78 is 18.6. The minimum Gasteiger partial charge on any atom is -0.494 e. The van der Waals surface area contributed by atoms with Gasteiger partial charge >= 0.3 is 0 Å². The number of aromatic nitrogens is 1. The van der Waals surface area contributed by atoms with E-state index in [-0.39, 0.29) is 17.6 Å². The Bertz CT molecular complexity index is 571. The maximum atomic E-state index is 13.6. The van der Waals surface area contributed by atoms with E-state index in [4.69, 9.17) is 4.74 Å². The monoisotopic (exact) mass is 294 g/mol. The van der Waals surface area contributed by atoms with Gasteiger partial charge in [0.2, 0.25) is 0 Å². The summed E-state index contributed by atoms with van der Waals surface area (Å²) in [4.78, 5) is 4.42. The van der Waals surface area contributed by atoms with Crippen molar-refractivity contribution in [3.05, 3.63) is 45.7 Å². The highest BCUT2D eigenvalue weighted by atomic mass is 32.1. The molecule has 0 saturated heterocycles. The van der Waals surface area contributed by atoms with Gasteiger partial charge in [0.05, 0.1) is 17.8 Å². The molecule has 20 heavy (non-hydrogen) atoms. The first-order valence-electron chi connectivity index (χ1n) is 6.58. The van der Waals surface area contributed by atoms with Crippen molar-refractivity contribution in [2.24, 2.45) is 0 Å². The van der Waals surface area contributed by atoms with Crippen LogP contribution in [0.1, 0.15) is 29.2 Å². The van der Waals surface area contributed by atoms with Crippen LogP contribution in [0.25, 0.3) is 0 Å². The van der Waals surface area contributed by atoms with Crippen LogP contribution in [-0.4, -0.2) is 18.6 Å². The van der Waals surface area contributed by atoms with Crippen LogP contribution in [0.5, 0.6) is 5.75 Å². The summed E-state index contributed by atoms with van der Waals surface area (Å²) in [7, 11) is 1.47. The molecule has 0 radical (unpaired) electrons. The van der Waals surface area contributed by atoms with E-state index >= 15 is 0 Å². The molecule has 1 aromatic heterocycles. The van der Waals surface area contributed by atoms with Crippen molar-refractivity contribution < 1.29 is 9.13 Å². The predicted octanol–water partition coefficient (Wildman–Crippen LogP) is 3.49. The third-order valence-corrected chi connectivity index (χ3v) is 4.00. The molecule has 3 nitrogen and oxygen atoms in total. The highest BCUT2D eigenvalue weighted by Gasteiger charge is 2.09. The van der Waals surface area contributed by atoms with Crippen molar-refractivity contribution >= 4 is 11.3 Å². The third-order valence-electron chi connectivity index (χ3n) is 3.17. The van der Waals surface area contributed by atoms with E-state index in [1.807, 2.05) is 19.9 Å². The van der Waals surface area contributed by atoms with Crippen LogP contribution in [0, 0.1) is 12.7 Å². The SMILES string of the molecule is COc1ccc(C(C)NCCc2csc(C)n2)cc1F. The van der Waals surface area contributed by atoms with Gasteiger partial charge in [0.25, 0.3) is 0 Å². The Kier molecular flexibility index (Phi) is 5.09.